The number of aliphatic carboxylic acids is 1. The second-order valence-electron chi connectivity index (χ2n) is 4.27. The minimum Gasteiger partial charge on any atom is -0.478 e. The van der Waals surface area contributed by atoms with Crippen LogP contribution in [-0.2, 0) is 9.59 Å². The molecule has 1 saturated heterocycles. The molecule has 7 nitrogen and oxygen atoms in total. The number of likely N-dealkylation sites (N-methyl/N-ethyl adjacent to an activating group) is 1. The minimum absolute atomic E-state index is 0.0139. The highest BCUT2D eigenvalue weighted by atomic mass is 16.4. The molecule has 1 atom stereocenters. The van der Waals surface area contributed by atoms with Crippen LogP contribution >= 0.6 is 0 Å². The van der Waals surface area contributed by atoms with Gasteiger partial charge in [0.1, 0.15) is 0 Å². The van der Waals surface area contributed by atoms with Crippen molar-refractivity contribution in [3.8, 4) is 0 Å². The van der Waals surface area contributed by atoms with E-state index in [1.54, 1.807) is 4.90 Å². The van der Waals surface area contributed by atoms with E-state index in [2.05, 4.69) is 10.2 Å². The molecule has 1 unspecified atom stereocenters. The van der Waals surface area contributed by atoms with Crippen molar-refractivity contribution < 1.29 is 19.5 Å². The van der Waals surface area contributed by atoms with Crippen molar-refractivity contribution in [1.29, 1.82) is 0 Å². The minimum atomic E-state index is -1.23. The number of nitrogens with one attached hydrogen (secondary N) is 1. The topological polar surface area (TPSA) is 90.0 Å². The van der Waals surface area contributed by atoms with Crippen LogP contribution in [0.2, 0.25) is 0 Å². The number of carboxylic acid groups (broad SMARTS) is 1. The Morgan fingerprint density at radius 2 is 1.94 bits per heavy atom. The van der Waals surface area contributed by atoms with Gasteiger partial charge in [-0.15, -0.1) is 0 Å². The molecular weight excluding hydrogens is 238 g/mol. The third-order valence-corrected chi connectivity index (χ3v) is 2.70. The summed E-state index contributed by atoms with van der Waals surface area (Å²) in [7, 11) is 1.96. The molecule has 0 aromatic heterocycles. The van der Waals surface area contributed by atoms with Gasteiger partial charge in [-0.2, -0.15) is 0 Å². The lowest BCUT2D eigenvalue weighted by molar-refractivity contribution is -0.131. The predicted octanol–water partition coefficient (Wildman–Crippen LogP) is -0.501. The van der Waals surface area contributed by atoms with Crippen LogP contribution in [-0.4, -0.2) is 65.5 Å². The Kier molecular flexibility index (Phi) is 4.85. The average Bonchev–Trinajstić information content (AvgIpc) is 2.26. The van der Waals surface area contributed by atoms with Crippen LogP contribution < -0.4 is 5.32 Å². The predicted molar refractivity (Wildman–Crippen MR) is 64.0 cm³/mol. The van der Waals surface area contributed by atoms with Gasteiger partial charge in [-0.3, -0.25) is 10.1 Å². The Bertz CT molecular complexity index is 380. The second-order valence-corrected chi connectivity index (χ2v) is 4.27. The van der Waals surface area contributed by atoms with Gasteiger partial charge in [-0.05, 0) is 14.0 Å². The molecular formula is C11H17N3O4. The number of carbonyl (C=O) groups excluding carboxylic acids is 2. The molecule has 0 aliphatic carbocycles. The van der Waals surface area contributed by atoms with Crippen LogP contribution in [0.4, 0.5) is 4.79 Å². The Balaban J connectivity index is 2.50. The number of rotatable bonds is 2. The Morgan fingerprint density at radius 3 is 2.50 bits per heavy atom. The van der Waals surface area contributed by atoms with Crippen LogP contribution in [0.1, 0.15) is 6.92 Å². The van der Waals surface area contributed by atoms with E-state index in [-0.39, 0.29) is 6.04 Å². The zero-order valence-corrected chi connectivity index (χ0v) is 10.4. The molecule has 0 bridgehead atoms. The molecule has 0 aromatic rings. The average molecular weight is 255 g/mol. The van der Waals surface area contributed by atoms with E-state index in [1.165, 1.54) is 0 Å². The first-order chi connectivity index (χ1) is 8.40. The van der Waals surface area contributed by atoms with Gasteiger partial charge in [-0.25, -0.2) is 9.59 Å². The number of hydrogen-bond acceptors (Lipinski definition) is 4. The van der Waals surface area contributed by atoms with E-state index in [1.807, 2.05) is 14.0 Å². The van der Waals surface area contributed by atoms with Crippen molar-refractivity contribution >= 4 is 17.9 Å². The van der Waals surface area contributed by atoms with Crippen molar-refractivity contribution in [1.82, 2.24) is 15.1 Å². The summed E-state index contributed by atoms with van der Waals surface area (Å²) in [6.07, 6.45) is 1.51. The normalized spacial score (nSPS) is 21.0. The summed E-state index contributed by atoms with van der Waals surface area (Å²) >= 11 is 0. The quantitative estimate of drug-likeness (QED) is 0.649. The summed E-state index contributed by atoms with van der Waals surface area (Å²) in [6.45, 7) is 3.93. The first-order valence-corrected chi connectivity index (χ1v) is 5.61. The maximum Gasteiger partial charge on any atom is 0.328 e. The standard InChI is InChI=1S/C11H17N3O4/c1-8-7-13(2)5-6-14(8)11(18)12-9(15)3-4-10(16)17/h3-4,8H,5-7H2,1-2H3,(H,16,17)(H,12,15,18)/b4-3+. The molecule has 1 fully saturated rings. The molecule has 1 aliphatic heterocycles. The summed E-state index contributed by atoms with van der Waals surface area (Å²) in [5.41, 5.74) is 0. The van der Waals surface area contributed by atoms with Crippen LogP contribution in [0.25, 0.3) is 0 Å². The summed E-state index contributed by atoms with van der Waals surface area (Å²) in [5.74, 6) is -1.96. The van der Waals surface area contributed by atoms with Gasteiger partial charge in [0.25, 0.3) is 5.91 Å². The molecule has 0 spiro atoms. The molecule has 18 heavy (non-hydrogen) atoms. The second kappa shape index (κ2) is 6.15. The van der Waals surface area contributed by atoms with E-state index >= 15 is 0 Å². The fraction of sp³-hybridized carbons (Fsp3) is 0.545. The van der Waals surface area contributed by atoms with Crippen molar-refractivity contribution in [3.05, 3.63) is 12.2 Å². The van der Waals surface area contributed by atoms with Crippen LogP contribution in [0.5, 0.6) is 0 Å². The van der Waals surface area contributed by atoms with Crippen LogP contribution in [0.3, 0.4) is 0 Å². The number of amides is 3. The highest BCUT2D eigenvalue weighted by Gasteiger charge is 2.26. The third-order valence-electron chi connectivity index (χ3n) is 2.70. The molecule has 7 heteroatoms. The first kappa shape index (κ1) is 14.2. The maximum atomic E-state index is 11.8. The molecule has 0 radical (unpaired) electrons. The van der Waals surface area contributed by atoms with Crippen molar-refractivity contribution in [2.45, 2.75) is 13.0 Å². The number of imide groups is 1. The van der Waals surface area contributed by atoms with Gasteiger partial charge in [0.2, 0.25) is 0 Å². The molecule has 0 aromatic carbocycles. The van der Waals surface area contributed by atoms with Crippen molar-refractivity contribution in [2.75, 3.05) is 26.7 Å². The van der Waals surface area contributed by atoms with E-state index in [0.29, 0.717) is 12.6 Å². The zero-order chi connectivity index (χ0) is 13.7. The van der Waals surface area contributed by atoms with Crippen molar-refractivity contribution in [2.24, 2.45) is 0 Å². The van der Waals surface area contributed by atoms with Crippen LogP contribution in [0, 0.1) is 0 Å². The number of hydrogen-bond donors (Lipinski definition) is 2. The molecule has 2 N–H and O–H groups in total. The lowest BCUT2D eigenvalue weighted by Gasteiger charge is -2.37. The van der Waals surface area contributed by atoms with Crippen molar-refractivity contribution in [3.63, 3.8) is 0 Å². The zero-order valence-electron chi connectivity index (χ0n) is 10.4. The number of urea groups is 1. The molecule has 100 valence electrons. The van der Waals surface area contributed by atoms with Gasteiger partial charge in [0, 0.05) is 37.8 Å². The fourth-order valence-electron chi connectivity index (χ4n) is 1.81. The van der Waals surface area contributed by atoms with Gasteiger partial charge in [0.05, 0.1) is 0 Å². The molecule has 1 aliphatic rings. The van der Waals surface area contributed by atoms with E-state index in [9.17, 15) is 14.4 Å². The van der Waals surface area contributed by atoms with Gasteiger partial charge in [-0.1, -0.05) is 0 Å². The Hall–Kier alpha value is -1.89. The van der Waals surface area contributed by atoms with Gasteiger partial charge < -0.3 is 14.9 Å². The Morgan fingerprint density at radius 1 is 1.28 bits per heavy atom. The maximum absolute atomic E-state index is 11.8. The lowest BCUT2D eigenvalue weighted by Crippen LogP contribution is -2.56. The Labute approximate surface area is 105 Å². The summed E-state index contributed by atoms with van der Waals surface area (Å²) in [6, 6.07) is -0.476. The molecule has 0 saturated carbocycles. The fourth-order valence-corrected chi connectivity index (χ4v) is 1.81. The first-order valence-electron chi connectivity index (χ1n) is 5.61. The summed E-state index contributed by atoms with van der Waals surface area (Å²) < 4.78 is 0. The summed E-state index contributed by atoms with van der Waals surface area (Å²) in [5, 5.41) is 10.5. The summed E-state index contributed by atoms with van der Waals surface area (Å²) in [4.78, 5) is 36.9. The van der Waals surface area contributed by atoms with Gasteiger partial charge >= 0.3 is 12.0 Å². The number of piperazine rings is 1. The highest BCUT2D eigenvalue weighted by Crippen LogP contribution is 2.07. The van der Waals surface area contributed by atoms with E-state index < -0.39 is 17.9 Å². The number of carbonyl (C=O) groups is 3. The van der Waals surface area contributed by atoms with Crippen LogP contribution in [0.15, 0.2) is 12.2 Å². The third kappa shape index (κ3) is 4.17. The molecule has 3 amide bonds. The van der Waals surface area contributed by atoms with E-state index in [0.717, 1.165) is 19.2 Å². The lowest BCUT2D eigenvalue weighted by atomic mass is 10.2. The smallest absolute Gasteiger partial charge is 0.328 e. The monoisotopic (exact) mass is 255 g/mol. The number of carboxylic acids is 1. The molecule has 1 rings (SSSR count). The number of nitrogens with zero attached hydrogens (tertiary/aromatic N) is 2. The molecule has 1 heterocycles. The highest BCUT2D eigenvalue weighted by molar-refractivity contribution is 6.02. The van der Waals surface area contributed by atoms with E-state index in [4.69, 9.17) is 5.11 Å². The largest absolute Gasteiger partial charge is 0.478 e. The van der Waals surface area contributed by atoms with Gasteiger partial charge in [0.15, 0.2) is 0 Å². The SMILES string of the molecule is CC1CN(C)CCN1C(=O)NC(=O)/C=C/C(=O)O.